The number of halogens is 1. The molecule has 1 aliphatic heterocycles. The molecule has 1 aliphatic rings. The third kappa shape index (κ3) is 7.00. The summed E-state index contributed by atoms with van der Waals surface area (Å²) in [6.07, 6.45) is 4.09. The molecule has 0 radical (unpaired) electrons. The molecule has 1 saturated heterocycles. The Morgan fingerprint density at radius 3 is 2.31 bits per heavy atom. The minimum atomic E-state index is 0.0302. The molecule has 7 nitrogen and oxygen atoms in total. The van der Waals surface area contributed by atoms with Crippen LogP contribution in [0.2, 0.25) is 5.02 Å². The van der Waals surface area contributed by atoms with Gasteiger partial charge in [-0.05, 0) is 54.8 Å². The van der Waals surface area contributed by atoms with Crippen molar-refractivity contribution in [2.24, 2.45) is 4.99 Å². The van der Waals surface area contributed by atoms with Crippen LogP contribution in [0.15, 0.2) is 83.9 Å². The number of amides is 1. The molecule has 0 spiro atoms. The van der Waals surface area contributed by atoms with Gasteiger partial charge in [0.1, 0.15) is 0 Å². The monoisotopic (exact) mass is 500 g/mol. The second-order valence-electron chi connectivity index (χ2n) is 8.55. The summed E-state index contributed by atoms with van der Waals surface area (Å²) >= 11 is 6.25. The molecule has 184 valence electrons. The molecule has 1 amide bonds. The van der Waals surface area contributed by atoms with Gasteiger partial charge in [0.05, 0.1) is 10.7 Å². The van der Waals surface area contributed by atoms with Crippen LogP contribution >= 0.6 is 11.6 Å². The van der Waals surface area contributed by atoms with Gasteiger partial charge in [-0.25, -0.2) is 0 Å². The molecule has 1 fully saturated rings. The fourth-order valence-electron chi connectivity index (χ4n) is 4.16. The number of nitrogens with one attached hydrogen (secondary N) is 2. The first-order chi connectivity index (χ1) is 17.6. The number of guanidine groups is 1. The molecule has 0 aliphatic carbocycles. The zero-order valence-electron chi connectivity index (χ0n) is 20.0. The topological polar surface area (TPSA) is 83.8 Å². The van der Waals surface area contributed by atoms with E-state index in [0.717, 1.165) is 37.3 Å². The lowest BCUT2D eigenvalue weighted by atomic mass is 10.1. The zero-order chi connectivity index (χ0) is 25.2. The minimum absolute atomic E-state index is 0.0302. The molecule has 8 heteroatoms. The highest BCUT2D eigenvalue weighted by Gasteiger charge is 2.21. The number of nitrogens with zero attached hydrogens (tertiary/aromatic N) is 4. The molecule has 3 aromatic rings. The average Bonchev–Trinajstić information content (AvgIpc) is 2.91. The lowest BCUT2D eigenvalue weighted by Crippen LogP contribution is -2.50. The number of rotatable bonds is 7. The fraction of sp³-hybridized carbons (Fsp3) is 0.250. The first kappa shape index (κ1) is 25.1. The highest BCUT2D eigenvalue weighted by molar-refractivity contribution is 6.33. The molecular formula is C28H29ClN6O. The van der Waals surface area contributed by atoms with E-state index in [2.05, 4.69) is 32.7 Å². The molecule has 2 N–H and O–H groups in total. The van der Waals surface area contributed by atoms with E-state index in [9.17, 15) is 4.79 Å². The van der Waals surface area contributed by atoms with Crippen LogP contribution in [0.3, 0.4) is 0 Å². The number of carbonyl (C=O) groups is 1. The van der Waals surface area contributed by atoms with E-state index in [1.54, 1.807) is 6.07 Å². The maximum atomic E-state index is 12.3. The van der Waals surface area contributed by atoms with E-state index in [-0.39, 0.29) is 5.91 Å². The molecule has 0 atom stereocenters. The predicted octanol–water partition coefficient (Wildman–Crippen LogP) is 5.37. The van der Waals surface area contributed by atoms with Crippen LogP contribution in [0.25, 0.3) is 0 Å². The number of piperazine rings is 1. The quantitative estimate of drug-likeness (QED) is 0.259. The molecule has 36 heavy (non-hydrogen) atoms. The number of aliphatic imine (C=N–C) groups is 1. The summed E-state index contributed by atoms with van der Waals surface area (Å²) in [5.41, 5.74) is 3.86. The molecule has 0 saturated carbocycles. The molecular weight excluding hydrogens is 472 g/mol. The summed E-state index contributed by atoms with van der Waals surface area (Å²) in [6, 6.07) is 25.5. The van der Waals surface area contributed by atoms with E-state index in [1.807, 2.05) is 71.8 Å². The number of hydrogen-bond acceptors (Lipinski definition) is 4. The maximum absolute atomic E-state index is 12.3. The van der Waals surface area contributed by atoms with Crippen LogP contribution in [0.4, 0.5) is 17.1 Å². The summed E-state index contributed by atoms with van der Waals surface area (Å²) in [7, 11) is 0. The Hall–Kier alpha value is -4.02. The second-order valence-corrected chi connectivity index (χ2v) is 8.96. The standard InChI is InChI=1S/C28H29ClN6O/c29-25-10-4-5-11-26(25)33-28(31-21-30)35-19-17-34(18-20-35)24-15-13-23(14-16-24)32-27(36)12-6-9-22-7-2-1-3-8-22/h1-5,7-8,10-11,13-16H,6,9,12,17-20H2,(H,31,33)(H,32,36). The number of carbonyl (C=O) groups excluding carboxylic acids is 1. The van der Waals surface area contributed by atoms with Gasteiger partial charge in [-0.2, -0.15) is 5.26 Å². The molecule has 0 unspecified atom stereocenters. The van der Waals surface area contributed by atoms with Gasteiger partial charge < -0.3 is 20.4 Å². The Morgan fingerprint density at radius 1 is 0.917 bits per heavy atom. The zero-order valence-corrected chi connectivity index (χ0v) is 20.8. The third-order valence-electron chi connectivity index (χ3n) is 6.08. The van der Waals surface area contributed by atoms with Crippen molar-refractivity contribution >= 4 is 40.5 Å². The summed E-state index contributed by atoms with van der Waals surface area (Å²) in [4.78, 5) is 20.6. The molecule has 0 aromatic heterocycles. The van der Waals surface area contributed by atoms with Crippen LogP contribution in [0.1, 0.15) is 18.4 Å². The van der Waals surface area contributed by atoms with Crippen LogP contribution in [-0.4, -0.2) is 42.9 Å². The largest absolute Gasteiger partial charge is 0.368 e. The van der Waals surface area contributed by atoms with Crippen molar-refractivity contribution in [3.05, 3.63) is 89.4 Å². The number of para-hydroxylation sites is 1. The van der Waals surface area contributed by atoms with Gasteiger partial charge in [-0.1, -0.05) is 54.1 Å². The number of benzene rings is 3. The minimum Gasteiger partial charge on any atom is -0.368 e. The van der Waals surface area contributed by atoms with Crippen LogP contribution in [0, 0.1) is 11.5 Å². The highest BCUT2D eigenvalue weighted by atomic mass is 35.5. The number of anilines is 3. The number of aryl methyl sites for hydroxylation is 1. The van der Waals surface area contributed by atoms with E-state index >= 15 is 0 Å². The van der Waals surface area contributed by atoms with Crippen LogP contribution < -0.4 is 15.5 Å². The van der Waals surface area contributed by atoms with Gasteiger partial charge in [0.25, 0.3) is 0 Å². The first-order valence-electron chi connectivity index (χ1n) is 12.0. The van der Waals surface area contributed by atoms with Crippen molar-refractivity contribution in [2.45, 2.75) is 19.3 Å². The molecule has 1 heterocycles. The first-order valence-corrected chi connectivity index (χ1v) is 12.4. The van der Waals surface area contributed by atoms with Gasteiger partial charge in [0.15, 0.2) is 0 Å². The van der Waals surface area contributed by atoms with Crippen LogP contribution in [0.5, 0.6) is 0 Å². The van der Waals surface area contributed by atoms with Crippen molar-refractivity contribution in [3.8, 4) is 6.19 Å². The molecule has 0 bridgehead atoms. The Balaban J connectivity index is 1.25. The van der Waals surface area contributed by atoms with E-state index in [0.29, 0.717) is 36.2 Å². The third-order valence-corrected chi connectivity index (χ3v) is 6.41. The SMILES string of the molecule is N#C/N=C(/Nc1ccccc1Cl)N1CCN(c2ccc(NC(=O)CCCc3ccccc3)cc2)CC1. The predicted molar refractivity (Wildman–Crippen MR) is 146 cm³/mol. The van der Waals surface area contributed by atoms with Crippen molar-refractivity contribution in [1.29, 1.82) is 5.26 Å². The van der Waals surface area contributed by atoms with Crippen LogP contribution in [-0.2, 0) is 11.2 Å². The van der Waals surface area contributed by atoms with Crippen molar-refractivity contribution in [1.82, 2.24) is 4.90 Å². The summed E-state index contributed by atoms with van der Waals surface area (Å²) in [5, 5.41) is 15.9. The Kier molecular flexibility index (Phi) is 8.79. The Labute approximate surface area is 217 Å². The highest BCUT2D eigenvalue weighted by Crippen LogP contribution is 2.23. The summed E-state index contributed by atoms with van der Waals surface area (Å²) < 4.78 is 0. The average molecular weight is 501 g/mol. The van der Waals surface area contributed by atoms with Gasteiger partial charge in [-0.3, -0.25) is 4.79 Å². The molecule has 4 rings (SSSR count). The Bertz CT molecular complexity index is 1210. The number of nitriles is 1. The van der Waals surface area contributed by atoms with E-state index < -0.39 is 0 Å². The van der Waals surface area contributed by atoms with Gasteiger partial charge in [0, 0.05) is 44.0 Å². The van der Waals surface area contributed by atoms with Gasteiger partial charge in [0.2, 0.25) is 18.1 Å². The van der Waals surface area contributed by atoms with Crippen molar-refractivity contribution in [3.63, 3.8) is 0 Å². The normalized spacial score (nSPS) is 13.7. The lowest BCUT2D eigenvalue weighted by Gasteiger charge is -2.37. The molecule has 3 aromatic carbocycles. The van der Waals surface area contributed by atoms with Crippen molar-refractivity contribution in [2.75, 3.05) is 41.7 Å². The summed E-state index contributed by atoms with van der Waals surface area (Å²) in [6.45, 7) is 2.97. The van der Waals surface area contributed by atoms with E-state index in [4.69, 9.17) is 16.9 Å². The number of hydrogen-bond donors (Lipinski definition) is 2. The summed E-state index contributed by atoms with van der Waals surface area (Å²) in [5.74, 6) is 0.526. The second kappa shape index (κ2) is 12.6. The van der Waals surface area contributed by atoms with E-state index in [1.165, 1.54) is 5.56 Å². The van der Waals surface area contributed by atoms with Crippen molar-refractivity contribution < 1.29 is 4.79 Å². The fourth-order valence-corrected chi connectivity index (χ4v) is 4.34. The Morgan fingerprint density at radius 2 is 1.61 bits per heavy atom. The van der Waals surface area contributed by atoms with Gasteiger partial charge in [-0.15, -0.1) is 4.99 Å². The lowest BCUT2D eigenvalue weighted by molar-refractivity contribution is -0.116. The maximum Gasteiger partial charge on any atom is 0.224 e. The smallest absolute Gasteiger partial charge is 0.224 e. The van der Waals surface area contributed by atoms with Gasteiger partial charge >= 0.3 is 0 Å².